The summed E-state index contributed by atoms with van der Waals surface area (Å²) < 4.78 is 0. The van der Waals surface area contributed by atoms with Crippen LogP contribution in [0.1, 0.15) is 63.7 Å². The smallest absolute Gasteiger partial charge is 0.226 e. The summed E-state index contributed by atoms with van der Waals surface area (Å²) in [5, 5.41) is 6.77. The lowest BCUT2D eigenvalue weighted by Gasteiger charge is -2.40. The van der Waals surface area contributed by atoms with E-state index in [1.54, 1.807) is 0 Å². The number of hydrogen-bond donors (Lipinski definition) is 2. The molecule has 1 aliphatic heterocycles. The Labute approximate surface area is 127 Å². The molecule has 1 aromatic rings. The fraction of sp³-hybridized carbons (Fsp3) is 0.611. The number of benzene rings is 1. The topological polar surface area (TPSA) is 41.1 Å². The lowest BCUT2D eigenvalue weighted by atomic mass is 9.81. The summed E-state index contributed by atoms with van der Waals surface area (Å²) in [4.78, 5) is 12.3. The first-order valence-electron chi connectivity index (χ1n) is 8.12. The van der Waals surface area contributed by atoms with E-state index in [0.29, 0.717) is 6.04 Å². The average molecular weight is 286 g/mol. The van der Waals surface area contributed by atoms with Crippen LogP contribution < -0.4 is 10.6 Å². The molecule has 0 spiro atoms. The van der Waals surface area contributed by atoms with Gasteiger partial charge in [-0.25, -0.2) is 0 Å². The van der Waals surface area contributed by atoms with Gasteiger partial charge in [-0.1, -0.05) is 57.9 Å². The third-order valence-corrected chi connectivity index (χ3v) is 4.88. The molecule has 1 aliphatic carbocycles. The summed E-state index contributed by atoms with van der Waals surface area (Å²) >= 11 is 0. The highest BCUT2D eigenvalue weighted by molar-refractivity contribution is 5.80. The van der Waals surface area contributed by atoms with Crippen molar-refractivity contribution in [3.63, 3.8) is 0 Å². The molecule has 2 aliphatic rings. The number of rotatable bonds is 1. The largest absolute Gasteiger partial charge is 0.336 e. The van der Waals surface area contributed by atoms with Crippen LogP contribution >= 0.6 is 0 Å². The lowest BCUT2D eigenvalue weighted by Crippen LogP contribution is -2.57. The van der Waals surface area contributed by atoms with E-state index in [2.05, 4.69) is 55.7 Å². The lowest BCUT2D eigenvalue weighted by molar-refractivity contribution is -0.130. The van der Waals surface area contributed by atoms with Gasteiger partial charge in [0.2, 0.25) is 5.91 Å². The zero-order chi connectivity index (χ0) is 15.0. The van der Waals surface area contributed by atoms with Gasteiger partial charge in [0, 0.05) is 6.04 Å². The molecular formula is C18H26N2O. The Bertz CT molecular complexity index is 515. The van der Waals surface area contributed by atoms with E-state index in [-0.39, 0.29) is 23.4 Å². The quantitative estimate of drug-likeness (QED) is 0.832. The molecule has 3 unspecified atom stereocenters. The third kappa shape index (κ3) is 2.98. The van der Waals surface area contributed by atoms with E-state index in [4.69, 9.17) is 0 Å². The maximum atomic E-state index is 12.3. The normalized spacial score (nSPS) is 29.7. The number of nitrogens with one attached hydrogen (secondary N) is 2. The zero-order valence-electron chi connectivity index (χ0n) is 13.3. The van der Waals surface area contributed by atoms with Gasteiger partial charge in [0.1, 0.15) is 6.17 Å². The monoisotopic (exact) mass is 286 g/mol. The Balaban J connectivity index is 1.76. The minimum absolute atomic E-state index is 0.0362. The summed E-state index contributed by atoms with van der Waals surface area (Å²) in [5.41, 5.74) is 2.64. The standard InChI is InChI=1S/C18H26N2O/c1-18(2,3)13-10-8-12(9-11-13)16-19-15-7-5-4-6-14(15)17(21)20-16/h8-11,14-16,19H,4-7H2,1-3H3,(H,20,21). The van der Waals surface area contributed by atoms with Gasteiger partial charge in [0.15, 0.2) is 0 Å². The first-order valence-corrected chi connectivity index (χ1v) is 8.12. The van der Waals surface area contributed by atoms with Gasteiger partial charge in [0.25, 0.3) is 0 Å². The molecule has 1 amide bonds. The number of fused-ring (bicyclic) bond motifs is 1. The summed E-state index contributed by atoms with van der Waals surface area (Å²) in [5.74, 6) is 0.396. The van der Waals surface area contributed by atoms with Crippen LogP contribution in [0.4, 0.5) is 0 Å². The van der Waals surface area contributed by atoms with Crippen molar-refractivity contribution in [3.05, 3.63) is 35.4 Å². The first-order chi connectivity index (χ1) is 9.95. The number of hydrogen-bond acceptors (Lipinski definition) is 2. The number of carbonyl (C=O) groups is 1. The molecule has 1 aromatic carbocycles. The predicted molar refractivity (Wildman–Crippen MR) is 84.9 cm³/mol. The van der Waals surface area contributed by atoms with E-state index in [9.17, 15) is 4.79 Å². The molecule has 2 N–H and O–H groups in total. The second-order valence-electron chi connectivity index (χ2n) is 7.48. The minimum atomic E-state index is -0.0362. The van der Waals surface area contributed by atoms with Crippen LogP contribution in [0.25, 0.3) is 0 Å². The molecule has 3 nitrogen and oxygen atoms in total. The molecule has 3 atom stereocenters. The summed E-state index contributed by atoms with van der Waals surface area (Å²) in [7, 11) is 0. The highest BCUT2D eigenvalue weighted by Crippen LogP contribution is 2.31. The van der Waals surface area contributed by atoms with E-state index in [0.717, 1.165) is 18.4 Å². The Hall–Kier alpha value is -1.35. The van der Waals surface area contributed by atoms with Crippen LogP contribution in [-0.2, 0) is 10.2 Å². The molecule has 1 saturated carbocycles. The fourth-order valence-electron chi connectivity index (χ4n) is 3.50. The SMILES string of the molecule is CC(C)(C)c1ccc(C2NC(=O)C3CCCCC3N2)cc1. The third-order valence-electron chi connectivity index (χ3n) is 4.88. The molecule has 2 fully saturated rings. The maximum absolute atomic E-state index is 12.3. The van der Waals surface area contributed by atoms with Crippen molar-refractivity contribution < 1.29 is 4.79 Å². The molecule has 114 valence electrons. The Morgan fingerprint density at radius 2 is 1.71 bits per heavy atom. The van der Waals surface area contributed by atoms with Crippen LogP contribution in [-0.4, -0.2) is 11.9 Å². The van der Waals surface area contributed by atoms with Gasteiger partial charge in [-0.3, -0.25) is 10.1 Å². The predicted octanol–water partition coefficient (Wildman–Crippen LogP) is 3.26. The van der Waals surface area contributed by atoms with Crippen molar-refractivity contribution in [2.45, 2.75) is 64.1 Å². The van der Waals surface area contributed by atoms with Crippen molar-refractivity contribution in [1.29, 1.82) is 0 Å². The van der Waals surface area contributed by atoms with Crippen LogP contribution in [0, 0.1) is 5.92 Å². The Morgan fingerprint density at radius 1 is 1.05 bits per heavy atom. The Kier molecular flexibility index (Phi) is 3.78. The van der Waals surface area contributed by atoms with Gasteiger partial charge in [-0.05, 0) is 29.4 Å². The molecule has 0 bridgehead atoms. The first kappa shape index (κ1) is 14.6. The minimum Gasteiger partial charge on any atom is -0.336 e. The van der Waals surface area contributed by atoms with Gasteiger partial charge in [-0.2, -0.15) is 0 Å². The molecule has 21 heavy (non-hydrogen) atoms. The highest BCUT2D eigenvalue weighted by Gasteiger charge is 2.37. The fourth-order valence-corrected chi connectivity index (χ4v) is 3.50. The second kappa shape index (κ2) is 5.45. The molecule has 1 heterocycles. The molecule has 3 rings (SSSR count). The van der Waals surface area contributed by atoms with Gasteiger partial charge in [-0.15, -0.1) is 0 Å². The van der Waals surface area contributed by atoms with Crippen LogP contribution in [0.2, 0.25) is 0 Å². The Morgan fingerprint density at radius 3 is 2.38 bits per heavy atom. The van der Waals surface area contributed by atoms with Crippen LogP contribution in [0.5, 0.6) is 0 Å². The molecular weight excluding hydrogens is 260 g/mol. The highest BCUT2D eigenvalue weighted by atomic mass is 16.2. The molecule has 0 aromatic heterocycles. The van der Waals surface area contributed by atoms with Crippen molar-refractivity contribution in [1.82, 2.24) is 10.6 Å². The van der Waals surface area contributed by atoms with Gasteiger partial charge >= 0.3 is 0 Å². The summed E-state index contributed by atoms with van der Waals surface area (Å²) in [6.45, 7) is 6.65. The number of carbonyl (C=O) groups excluding carboxylic acids is 1. The van der Waals surface area contributed by atoms with E-state index < -0.39 is 0 Å². The zero-order valence-corrected chi connectivity index (χ0v) is 13.3. The van der Waals surface area contributed by atoms with Crippen molar-refractivity contribution in [2.75, 3.05) is 0 Å². The van der Waals surface area contributed by atoms with Crippen LogP contribution in [0.15, 0.2) is 24.3 Å². The van der Waals surface area contributed by atoms with Crippen molar-refractivity contribution in [2.24, 2.45) is 5.92 Å². The summed E-state index contributed by atoms with van der Waals surface area (Å²) in [6.07, 6.45) is 4.53. The van der Waals surface area contributed by atoms with Crippen LogP contribution in [0.3, 0.4) is 0 Å². The van der Waals surface area contributed by atoms with Gasteiger partial charge in [0.05, 0.1) is 5.92 Å². The van der Waals surface area contributed by atoms with Gasteiger partial charge < -0.3 is 5.32 Å². The van der Waals surface area contributed by atoms with E-state index in [1.165, 1.54) is 18.4 Å². The van der Waals surface area contributed by atoms with Crippen molar-refractivity contribution >= 4 is 5.91 Å². The average Bonchev–Trinajstić information content (AvgIpc) is 2.46. The molecule has 1 saturated heterocycles. The molecule has 3 heteroatoms. The summed E-state index contributed by atoms with van der Waals surface area (Å²) in [6, 6.07) is 8.98. The van der Waals surface area contributed by atoms with Crippen molar-refractivity contribution in [3.8, 4) is 0 Å². The molecule has 0 radical (unpaired) electrons. The van der Waals surface area contributed by atoms with E-state index >= 15 is 0 Å². The van der Waals surface area contributed by atoms with E-state index in [1.807, 2.05) is 0 Å². The maximum Gasteiger partial charge on any atom is 0.226 e. The second-order valence-corrected chi connectivity index (χ2v) is 7.48. The number of amides is 1.